The number of nitrogens with zero attached hydrogens (tertiary/aromatic N) is 2. The Hall–Kier alpha value is -2.62. The summed E-state index contributed by atoms with van der Waals surface area (Å²) in [5.74, 6) is -0.942. The lowest BCUT2D eigenvalue weighted by atomic mass is 10.1. The van der Waals surface area contributed by atoms with Crippen LogP contribution >= 0.6 is 11.6 Å². The molecule has 0 bridgehead atoms. The molecule has 2 aromatic rings. The van der Waals surface area contributed by atoms with Crippen LogP contribution in [-0.4, -0.2) is 30.2 Å². The Morgan fingerprint density at radius 1 is 1.37 bits per heavy atom. The van der Waals surface area contributed by atoms with Gasteiger partial charge in [-0.2, -0.15) is 5.26 Å². The largest absolute Gasteiger partial charge is 0.381 e. The van der Waals surface area contributed by atoms with Crippen LogP contribution in [0.1, 0.15) is 25.0 Å². The van der Waals surface area contributed by atoms with Crippen LogP contribution in [0.3, 0.4) is 0 Å². The third-order valence-corrected chi connectivity index (χ3v) is 4.40. The minimum atomic E-state index is -1.29. The number of carbonyl (C=O) groups is 1. The zero-order chi connectivity index (χ0) is 20.0. The van der Waals surface area contributed by atoms with E-state index in [4.69, 9.17) is 16.9 Å². The molecule has 7 heteroatoms. The molecule has 3 rings (SSSR count). The first kappa shape index (κ1) is 20.7. The van der Waals surface area contributed by atoms with Gasteiger partial charge in [0.05, 0.1) is 17.1 Å². The first-order valence-electron chi connectivity index (χ1n) is 8.70. The van der Waals surface area contributed by atoms with Crippen LogP contribution in [0, 0.1) is 17.1 Å². The summed E-state index contributed by atoms with van der Waals surface area (Å²) in [6.45, 7) is 4.68. The fourth-order valence-corrected chi connectivity index (χ4v) is 3.03. The van der Waals surface area contributed by atoms with Crippen molar-refractivity contribution in [3.63, 3.8) is 0 Å². The summed E-state index contributed by atoms with van der Waals surface area (Å²) in [6.07, 6.45) is -0.543. The Bertz CT molecular complexity index is 867. The summed E-state index contributed by atoms with van der Waals surface area (Å²) in [5, 5.41) is 21.8. The normalized spacial score (nSPS) is 13.1. The maximum absolute atomic E-state index is 13.4. The fraction of sp³-hybridized carbons (Fsp3) is 0.300. The van der Waals surface area contributed by atoms with Gasteiger partial charge in [0.25, 0.3) is 5.91 Å². The van der Waals surface area contributed by atoms with Crippen LogP contribution in [0.4, 0.5) is 15.8 Å². The minimum absolute atomic E-state index is 0.0618. The third-order valence-electron chi connectivity index (χ3n) is 4.09. The lowest BCUT2D eigenvalue weighted by Crippen LogP contribution is -2.39. The molecule has 0 unspecified atom stereocenters. The molecular weight excluding hydrogens is 369 g/mol. The molecule has 0 aliphatic carbocycles. The Morgan fingerprint density at radius 3 is 2.78 bits per heavy atom. The second-order valence-corrected chi connectivity index (χ2v) is 6.19. The number of halogens is 2. The molecule has 0 radical (unpaired) electrons. The zero-order valence-electron chi connectivity index (χ0n) is 15.2. The number of fused-ring (bicyclic) bond motifs is 1. The van der Waals surface area contributed by atoms with Gasteiger partial charge in [0.15, 0.2) is 6.10 Å². The SMILES string of the molecule is CC.N#Cc1ccc(NC(=O)[C@@H](O)CN2CCc3ccc(F)cc32)cc1Cl. The van der Waals surface area contributed by atoms with Crippen molar-refractivity contribution in [1.29, 1.82) is 5.26 Å². The standard InChI is InChI=1S/C18H15ClFN3O2.C2H6/c19-15-8-14(4-2-12(15)9-21)22-18(25)17(24)10-23-6-5-11-1-3-13(20)7-16(11)23;1-2/h1-4,7-8,17,24H,5-6,10H2,(H,22,25);1-2H3/t17-;/m0./s1. The van der Waals surface area contributed by atoms with Gasteiger partial charge in [0.1, 0.15) is 11.9 Å². The number of nitriles is 1. The van der Waals surface area contributed by atoms with Gasteiger partial charge in [0.2, 0.25) is 0 Å². The van der Waals surface area contributed by atoms with Crippen molar-refractivity contribution >= 4 is 28.9 Å². The van der Waals surface area contributed by atoms with E-state index in [2.05, 4.69) is 5.32 Å². The van der Waals surface area contributed by atoms with Crippen LogP contribution in [0.5, 0.6) is 0 Å². The van der Waals surface area contributed by atoms with Crippen LogP contribution < -0.4 is 10.2 Å². The quantitative estimate of drug-likeness (QED) is 0.835. The highest BCUT2D eigenvalue weighted by Gasteiger charge is 2.25. The highest BCUT2D eigenvalue weighted by molar-refractivity contribution is 6.32. The summed E-state index contributed by atoms with van der Waals surface area (Å²) in [4.78, 5) is 14.0. The molecule has 2 N–H and O–H groups in total. The number of amides is 1. The molecule has 5 nitrogen and oxygen atoms in total. The summed E-state index contributed by atoms with van der Waals surface area (Å²) in [7, 11) is 0. The Kier molecular flexibility index (Phi) is 7.17. The van der Waals surface area contributed by atoms with Gasteiger partial charge < -0.3 is 15.3 Å². The molecule has 142 valence electrons. The van der Waals surface area contributed by atoms with E-state index in [9.17, 15) is 14.3 Å². The van der Waals surface area contributed by atoms with Crippen molar-refractivity contribution in [1.82, 2.24) is 0 Å². The maximum Gasteiger partial charge on any atom is 0.255 e. The summed E-state index contributed by atoms with van der Waals surface area (Å²) in [6, 6.07) is 10.9. The highest BCUT2D eigenvalue weighted by atomic mass is 35.5. The molecule has 1 atom stereocenters. The molecule has 2 aromatic carbocycles. The number of nitrogens with one attached hydrogen (secondary N) is 1. The van der Waals surface area contributed by atoms with E-state index in [0.29, 0.717) is 23.5 Å². The summed E-state index contributed by atoms with van der Waals surface area (Å²) >= 11 is 5.92. The average Bonchev–Trinajstić information content (AvgIpc) is 3.05. The summed E-state index contributed by atoms with van der Waals surface area (Å²) < 4.78 is 13.4. The Labute approximate surface area is 163 Å². The molecule has 1 heterocycles. The van der Waals surface area contributed by atoms with Gasteiger partial charge in [-0.15, -0.1) is 0 Å². The first-order valence-corrected chi connectivity index (χ1v) is 9.07. The lowest BCUT2D eigenvalue weighted by Gasteiger charge is -2.22. The number of benzene rings is 2. The number of hydrogen-bond donors (Lipinski definition) is 2. The van der Waals surface area contributed by atoms with E-state index in [0.717, 1.165) is 12.0 Å². The monoisotopic (exact) mass is 389 g/mol. The predicted octanol–water partition coefficient (Wildman–Crippen LogP) is 3.74. The molecule has 0 saturated carbocycles. The van der Waals surface area contributed by atoms with Crippen molar-refractivity contribution in [2.24, 2.45) is 0 Å². The zero-order valence-corrected chi connectivity index (χ0v) is 15.9. The molecule has 0 saturated heterocycles. The molecule has 1 aliphatic rings. The van der Waals surface area contributed by atoms with Crippen LogP contribution in [0.2, 0.25) is 5.02 Å². The number of aliphatic hydroxyl groups is 1. The van der Waals surface area contributed by atoms with Crippen molar-refractivity contribution in [3.8, 4) is 6.07 Å². The minimum Gasteiger partial charge on any atom is -0.381 e. The van der Waals surface area contributed by atoms with E-state index < -0.39 is 12.0 Å². The summed E-state index contributed by atoms with van der Waals surface area (Å²) in [5.41, 5.74) is 2.39. The second-order valence-electron chi connectivity index (χ2n) is 5.78. The third kappa shape index (κ3) is 4.97. The van der Waals surface area contributed by atoms with Gasteiger partial charge in [0, 0.05) is 17.9 Å². The van der Waals surface area contributed by atoms with Gasteiger partial charge in [-0.3, -0.25) is 4.79 Å². The second kappa shape index (κ2) is 9.36. The highest BCUT2D eigenvalue weighted by Crippen LogP contribution is 2.28. The van der Waals surface area contributed by atoms with Crippen LogP contribution in [-0.2, 0) is 11.2 Å². The molecule has 0 aromatic heterocycles. The molecule has 0 spiro atoms. The molecule has 1 amide bonds. The van der Waals surface area contributed by atoms with E-state index in [1.807, 2.05) is 19.9 Å². The molecule has 0 fully saturated rings. The van der Waals surface area contributed by atoms with Gasteiger partial charge in [-0.1, -0.05) is 31.5 Å². The molecular formula is C20H21ClFN3O2. The number of aliphatic hydroxyl groups excluding tert-OH is 1. The van der Waals surface area contributed by atoms with Gasteiger partial charge in [-0.25, -0.2) is 4.39 Å². The average molecular weight is 390 g/mol. The van der Waals surface area contributed by atoms with Gasteiger partial charge in [-0.05, 0) is 42.3 Å². The van der Waals surface area contributed by atoms with Crippen molar-refractivity contribution in [3.05, 3.63) is 58.4 Å². The number of hydrogen-bond acceptors (Lipinski definition) is 4. The molecule has 1 aliphatic heterocycles. The fourth-order valence-electron chi connectivity index (χ4n) is 2.81. The lowest BCUT2D eigenvalue weighted by molar-refractivity contribution is -0.123. The van der Waals surface area contributed by atoms with Crippen LogP contribution in [0.25, 0.3) is 0 Å². The maximum atomic E-state index is 13.4. The topological polar surface area (TPSA) is 76.4 Å². The predicted molar refractivity (Wildman–Crippen MR) is 104 cm³/mol. The smallest absolute Gasteiger partial charge is 0.255 e. The molecule has 27 heavy (non-hydrogen) atoms. The van der Waals surface area contributed by atoms with Gasteiger partial charge >= 0.3 is 0 Å². The van der Waals surface area contributed by atoms with E-state index in [1.165, 1.54) is 30.3 Å². The number of β-amino-alcohol motifs (C(OH)–C–C–N with tert-alkyl or cyclic N) is 1. The van der Waals surface area contributed by atoms with Crippen LogP contribution in [0.15, 0.2) is 36.4 Å². The Morgan fingerprint density at radius 2 is 2.11 bits per heavy atom. The van der Waals surface area contributed by atoms with Crippen molar-refractivity contribution in [2.45, 2.75) is 26.4 Å². The number of rotatable bonds is 4. The number of anilines is 2. The first-order chi connectivity index (χ1) is 13.0. The Balaban J connectivity index is 0.00000126. The van der Waals surface area contributed by atoms with E-state index in [-0.39, 0.29) is 17.4 Å². The van der Waals surface area contributed by atoms with E-state index >= 15 is 0 Å². The van der Waals surface area contributed by atoms with E-state index in [1.54, 1.807) is 11.0 Å². The van der Waals surface area contributed by atoms with Crippen molar-refractivity contribution < 1.29 is 14.3 Å². The van der Waals surface area contributed by atoms with Crippen molar-refractivity contribution in [2.75, 3.05) is 23.3 Å². The number of carbonyl (C=O) groups excluding carboxylic acids is 1.